The number of aromatic hydroxyl groups is 1. The van der Waals surface area contributed by atoms with Gasteiger partial charge in [-0.3, -0.25) is 9.59 Å². The molecule has 2 aromatic carbocycles. The number of aryl methyl sites for hydroxylation is 1. The van der Waals surface area contributed by atoms with Gasteiger partial charge in [0.05, 0.1) is 24.4 Å². The second-order valence-electron chi connectivity index (χ2n) is 6.97. The predicted molar refractivity (Wildman–Crippen MR) is 106 cm³/mol. The van der Waals surface area contributed by atoms with Crippen LogP contribution in [-0.4, -0.2) is 26.8 Å². The minimum Gasteiger partial charge on any atom is -0.508 e. The molecule has 29 heavy (non-hydrogen) atoms. The second-order valence-corrected chi connectivity index (χ2v) is 6.97. The van der Waals surface area contributed by atoms with E-state index in [1.165, 1.54) is 23.3 Å². The maximum atomic E-state index is 12.9. The van der Waals surface area contributed by atoms with Crippen molar-refractivity contribution in [2.45, 2.75) is 19.5 Å². The maximum absolute atomic E-state index is 12.9. The Balaban J connectivity index is 1.87. The Hall–Kier alpha value is -3.80. The molecule has 6 heteroatoms. The Morgan fingerprint density at radius 3 is 2.48 bits per heavy atom. The molecule has 0 saturated carbocycles. The zero-order valence-electron chi connectivity index (χ0n) is 15.7. The van der Waals surface area contributed by atoms with E-state index in [0.717, 1.165) is 5.56 Å². The fourth-order valence-electron chi connectivity index (χ4n) is 3.52. The fraction of sp³-hybridized carbons (Fsp3) is 0.130. The number of carbonyl (C=O) groups excluding carboxylic acids is 2. The second kappa shape index (κ2) is 7.31. The van der Waals surface area contributed by atoms with Crippen LogP contribution < -0.4 is 0 Å². The Kier molecular flexibility index (Phi) is 4.68. The van der Waals surface area contributed by atoms with Crippen LogP contribution in [-0.2, 0) is 16.1 Å². The molecule has 2 N–H and O–H groups in total. The zero-order valence-corrected chi connectivity index (χ0v) is 15.7. The van der Waals surface area contributed by atoms with Crippen LogP contribution >= 0.6 is 0 Å². The number of nitrogens with zero attached hydrogens (tertiary/aromatic N) is 1. The molecule has 1 aliphatic heterocycles. The number of hydrogen-bond donors (Lipinski definition) is 2. The zero-order chi connectivity index (χ0) is 20.5. The van der Waals surface area contributed by atoms with Crippen molar-refractivity contribution >= 4 is 17.4 Å². The van der Waals surface area contributed by atoms with Crippen molar-refractivity contribution in [3.8, 4) is 5.75 Å². The highest BCUT2D eigenvalue weighted by atomic mass is 16.3. The molecule has 1 fully saturated rings. The number of aliphatic hydroxyl groups excluding tert-OH is 1. The summed E-state index contributed by atoms with van der Waals surface area (Å²) in [7, 11) is 0. The van der Waals surface area contributed by atoms with Gasteiger partial charge in [0.25, 0.3) is 11.7 Å². The van der Waals surface area contributed by atoms with E-state index in [-0.39, 0.29) is 23.6 Å². The Bertz CT molecular complexity index is 1100. The van der Waals surface area contributed by atoms with E-state index in [0.29, 0.717) is 16.9 Å². The van der Waals surface area contributed by atoms with E-state index in [4.69, 9.17) is 4.42 Å². The fourth-order valence-corrected chi connectivity index (χ4v) is 3.52. The highest BCUT2D eigenvalue weighted by Gasteiger charge is 2.46. The smallest absolute Gasteiger partial charge is 0.296 e. The number of rotatable bonds is 4. The monoisotopic (exact) mass is 389 g/mol. The Morgan fingerprint density at radius 2 is 1.83 bits per heavy atom. The Morgan fingerprint density at radius 1 is 1.07 bits per heavy atom. The molecular weight excluding hydrogens is 370 g/mol. The van der Waals surface area contributed by atoms with E-state index < -0.39 is 17.7 Å². The van der Waals surface area contributed by atoms with Crippen molar-refractivity contribution in [1.82, 2.24) is 4.90 Å². The summed E-state index contributed by atoms with van der Waals surface area (Å²) in [6.45, 7) is 1.97. The number of benzene rings is 2. The average molecular weight is 389 g/mol. The van der Waals surface area contributed by atoms with Gasteiger partial charge in [-0.05, 0) is 36.8 Å². The molecule has 1 aliphatic rings. The third-order valence-electron chi connectivity index (χ3n) is 4.96. The van der Waals surface area contributed by atoms with Gasteiger partial charge in [0.2, 0.25) is 0 Å². The lowest BCUT2D eigenvalue weighted by Crippen LogP contribution is -2.29. The molecule has 6 nitrogen and oxygen atoms in total. The third-order valence-corrected chi connectivity index (χ3v) is 4.96. The van der Waals surface area contributed by atoms with Crippen LogP contribution in [0.1, 0.15) is 28.5 Å². The number of amides is 1. The first-order valence-electron chi connectivity index (χ1n) is 9.12. The molecule has 2 heterocycles. The lowest BCUT2D eigenvalue weighted by molar-refractivity contribution is -0.140. The number of phenolic OH excluding ortho intramolecular Hbond substituents is 1. The molecule has 146 valence electrons. The molecule has 1 unspecified atom stereocenters. The van der Waals surface area contributed by atoms with Crippen molar-refractivity contribution < 1.29 is 24.2 Å². The van der Waals surface area contributed by atoms with Gasteiger partial charge in [-0.1, -0.05) is 42.0 Å². The van der Waals surface area contributed by atoms with Gasteiger partial charge in [-0.2, -0.15) is 0 Å². The summed E-state index contributed by atoms with van der Waals surface area (Å²) >= 11 is 0. The molecule has 1 atom stereocenters. The number of likely N-dealkylation sites (tertiary alicyclic amines) is 1. The van der Waals surface area contributed by atoms with Crippen LogP contribution in [0.4, 0.5) is 0 Å². The molecule has 0 bridgehead atoms. The molecule has 1 aromatic heterocycles. The van der Waals surface area contributed by atoms with E-state index in [9.17, 15) is 19.8 Å². The first-order chi connectivity index (χ1) is 14.0. The molecular formula is C23H19NO5. The molecule has 0 aliphatic carbocycles. The minimum absolute atomic E-state index is 0.00132. The van der Waals surface area contributed by atoms with E-state index in [1.807, 2.05) is 19.1 Å². The summed E-state index contributed by atoms with van der Waals surface area (Å²) in [5, 5.41) is 20.9. The van der Waals surface area contributed by atoms with Gasteiger partial charge in [0, 0.05) is 5.56 Å². The first kappa shape index (κ1) is 18.6. The van der Waals surface area contributed by atoms with E-state index >= 15 is 0 Å². The number of hydrogen-bond acceptors (Lipinski definition) is 5. The van der Waals surface area contributed by atoms with Crippen LogP contribution in [0.15, 0.2) is 76.9 Å². The number of aliphatic hydroxyl groups is 1. The summed E-state index contributed by atoms with van der Waals surface area (Å²) in [5.41, 5.74) is 1.95. The van der Waals surface area contributed by atoms with Crippen molar-refractivity contribution in [2.75, 3.05) is 0 Å². The van der Waals surface area contributed by atoms with Crippen LogP contribution in [0.5, 0.6) is 5.75 Å². The standard InChI is InChI=1S/C23H19NO5/c1-14-7-9-15(10-8-14)21(26)19-20(16-4-2-5-17(25)12-16)24(23(28)22(19)27)13-18-6-3-11-29-18/h2-12,20,25-26H,13H2,1H3/b21-19+. The Labute approximate surface area is 167 Å². The summed E-state index contributed by atoms with van der Waals surface area (Å²) in [6, 6.07) is 15.9. The highest BCUT2D eigenvalue weighted by Crippen LogP contribution is 2.41. The first-order valence-corrected chi connectivity index (χ1v) is 9.12. The van der Waals surface area contributed by atoms with Crippen molar-refractivity contribution in [3.05, 3.63) is 95.0 Å². The topological polar surface area (TPSA) is 91.0 Å². The van der Waals surface area contributed by atoms with E-state index in [1.54, 1.807) is 36.4 Å². The van der Waals surface area contributed by atoms with Gasteiger partial charge in [-0.25, -0.2) is 0 Å². The molecule has 1 amide bonds. The number of phenols is 1. The number of Topliss-reactive ketones (excluding diaryl/α,β-unsaturated/α-hetero) is 1. The normalized spacial score (nSPS) is 18.4. The number of ketones is 1. The van der Waals surface area contributed by atoms with Gasteiger partial charge >= 0.3 is 0 Å². The van der Waals surface area contributed by atoms with Gasteiger partial charge in [-0.15, -0.1) is 0 Å². The molecule has 0 spiro atoms. The quantitative estimate of drug-likeness (QED) is 0.401. The van der Waals surface area contributed by atoms with Crippen LogP contribution in [0.2, 0.25) is 0 Å². The van der Waals surface area contributed by atoms with Gasteiger partial charge < -0.3 is 19.5 Å². The van der Waals surface area contributed by atoms with Crippen LogP contribution in [0, 0.1) is 6.92 Å². The lowest BCUT2D eigenvalue weighted by atomic mass is 9.95. The van der Waals surface area contributed by atoms with Crippen LogP contribution in [0.3, 0.4) is 0 Å². The highest BCUT2D eigenvalue weighted by molar-refractivity contribution is 6.46. The third kappa shape index (κ3) is 3.40. The lowest BCUT2D eigenvalue weighted by Gasteiger charge is -2.24. The van der Waals surface area contributed by atoms with E-state index in [2.05, 4.69) is 0 Å². The average Bonchev–Trinajstić information content (AvgIpc) is 3.30. The van der Waals surface area contributed by atoms with Crippen LogP contribution in [0.25, 0.3) is 5.76 Å². The number of furan rings is 1. The molecule has 1 saturated heterocycles. The van der Waals surface area contributed by atoms with Crippen molar-refractivity contribution in [1.29, 1.82) is 0 Å². The molecule has 0 radical (unpaired) electrons. The minimum atomic E-state index is -0.853. The summed E-state index contributed by atoms with van der Waals surface area (Å²) in [5.74, 6) is -1.25. The molecule has 3 aromatic rings. The summed E-state index contributed by atoms with van der Waals surface area (Å²) in [4.78, 5) is 27.1. The molecule has 4 rings (SSSR count). The van der Waals surface area contributed by atoms with Crippen molar-refractivity contribution in [3.63, 3.8) is 0 Å². The number of carbonyl (C=O) groups is 2. The summed E-state index contributed by atoms with van der Waals surface area (Å²) < 4.78 is 5.35. The van der Waals surface area contributed by atoms with Crippen molar-refractivity contribution in [2.24, 2.45) is 0 Å². The summed E-state index contributed by atoms with van der Waals surface area (Å²) in [6.07, 6.45) is 1.49. The van der Waals surface area contributed by atoms with Gasteiger partial charge in [0.15, 0.2) is 0 Å². The van der Waals surface area contributed by atoms with Gasteiger partial charge in [0.1, 0.15) is 17.3 Å². The maximum Gasteiger partial charge on any atom is 0.296 e. The predicted octanol–water partition coefficient (Wildman–Crippen LogP) is 3.92. The SMILES string of the molecule is Cc1ccc(/C(O)=C2\C(=O)C(=O)N(Cc3ccco3)C2c2cccc(O)c2)cc1. The largest absolute Gasteiger partial charge is 0.508 e.